The van der Waals surface area contributed by atoms with E-state index in [1.165, 1.54) is 11.8 Å². The summed E-state index contributed by atoms with van der Waals surface area (Å²) in [7, 11) is 0. The Morgan fingerprint density at radius 3 is 3.12 bits per heavy atom. The number of nitrogens with zero attached hydrogens (tertiary/aromatic N) is 1. The fourth-order valence-corrected chi connectivity index (χ4v) is 2.67. The number of aromatic nitrogens is 1. The minimum absolute atomic E-state index is 0.116. The molecule has 1 atom stereocenters. The topological polar surface area (TPSA) is 30.9 Å². The Kier molecular flexibility index (Phi) is 2.21. The first-order chi connectivity index (χ1) is 7.79. The van der Waals surface area contributed by atoms with Crippen molar-refractivity contribution >= 4 is 10.9 Å². The Morgan fingerprint density at radius 1 is 1.44 bits per heavy atom. The largest absolute Gasteiger partial charge is 0.342 e. The molecule has 2 nitrogen and oxygen atoms in total. The normalized spacial score (nSPS) is 20.0. The van der Waals surface area contributed by atoms with Crippen LogP contribution in [-0.4, -0.2) is 11.1 Å². The van der Waals surface area contributed by atoms with Gasteiger partial charge in [-0.2, -0.15) is 0 Å². The summed E-state index contributed by atoms with van der Waals surface area (Å²) in [6.07, 6.45) is 2.03. The quantitative estimate of drug-likeness (QED) is 0.782. The van der Waals surface area contributed by atoms with E-state index in [-0.39, 0.29) is 5.82 Å². The molecule has 0 saturated heterocycles. The molecule has 2 aromatic rings. The summed E-state index contributed by atoms with van der Waals surface area (Å²) in [5, 5.41) is 1.01. The zero-order chi connectivity index (χ0) is 11.1. The molecule has 84 valence electrons. The van der Waals surface area contributed by atoms with Crippen LogP contribution in [0.4, 0.5) is 4.39 Å². The van der Waals surface area contributed by atoms with Gasteiger partial charge in [0.2, 0.25) is 0 Å². The number of benzene rings is 1. The predicted octanol–water partition coefficient (Wildman–Crippen LogP) is 2.30. The van der Waals surface area contributed by atoms with Crippen molar-refractivity contribution in [1.82, 2.24) is 4.57 Å². The Labute approximate surface area is 93.9 Å². The second kappa shape index (κ2) is 3.59. The molecule has 0 saturated carbocycles. The zero-order valence-electron chi connectivity index (χ0n) is 9.12. The molecule has 3 rings (SSSR count). The first-order valence-electron chi connectivity index (χ1n) is 5.76. The summed E-state index contributed by atoms with van der Waals surface area (Å²) in [5.41, 5.74) is 7.68. The van der Waals surface area contributed by atoms with Crippen molar-refractivity contribution in [3.63, 3.8) is 0 Å². The number of hydrogen-bond acceptors (Lipinski definition) is 1. The predicted molar refractivity (Wildman–Crippen MR) is 62.8 cm³/mol. The van der Waals surface area contributed by atoms with Crippen LogP contribution in [0, 0.1) is 11.7 Å². The van der Waals surface area contributed by atoms with Gasteiger partial charge in [0.15, 0.2) is 0 Å². The number of fused-ring (bicyclic) bond motifs is 3. The minimum Gasteiger partial charge on any atom is -0.342 e. The molecule has 2 N–H and O–H groups in total. The molecule has 0 radical (unpaired) electrons. The lowest BCUT2D eigenvalue weighted by molar-refractivity contribution is 0.400. The molecule has 1 aliphatic heterocycles. The maximum Gasteiger partial charge on any atom is 0.147 e. The molecule has 0 bridgehead atoms. The van der Waals surface area contributed by atoms with Gasteiger partial charge in [-0.1, -0.05) is 12.1 Å². The summed E-state index contributed by atoms with van der Waals surface area (Å²) in [6, 6.07) is 7.37. The van der Waals surface area contributed by atoms with Crippen LogP contribution >= 0.6 is 0 Å². The average Bonchev–Trinajstić information content (AvgIpc) is 2.67. The summed E-state index contributed by atoms with van der Waals surface area (Å²) in [4.78, 5) is 0. The smallest absolute Gasteiger partial charge is 0.147 e. The zero-order valence-corrected chi connectivity index (χ0v) is 9.12. The second-order valence-electron chi connectivity index (χ2n) is 4.56. The van der Waals surface area contributed by atoms with Crippen molar-refractivity contribution in [2.75, 3.05) is 6.54 Å². The fraction of sp³-hybridized carbons (Fsp3) is 0.385. The third-order valence-electron chi connectivity index (χ3n) is 3.55. The van der Waals surface area contributed by atoms with E-state index in [9.17, 15) is 4.39 Å². The van der Waals surface area contributed by atoms with Gasteiger partial charge in [-0.25, -0.2) is 4.39 Å². The maximum atomic E-state index is 13.7. The molecular weight excluding hydrogens is 203 g/mol. The molecule has 16 heavy (non-hydrogen) atoms. The van der Waals surface area contributed by atoms with E-state index in [4.69, 9.17) is 5.73 Å². The molecule has 1 aliphatic rings. The van der Waals surface area contributed by atoms with Gasteiger partial charge >= 0.3 is 0 Å². The third-order valence-corrected chi connectivity index (χ3v) is 3.55. The van der Waals surface area contributed by atoms with Crippen molar-refractivity contribution in [2.45, 2.75) is 19.4 Å². The lowest BCUT2D eigenvalue weighted by atomic mass is 9.96. The molecule has 1 aromatic carbocycles. The van der Waals surface area contributed by atoms with E-state index in [1.54, 1.807) is 6.07 Å². The number of halogens is 1. The van der Waals surface area contributed by atoms with Crippen molar-refractivity contribution in [3.05, 3.63) is 35.8 Å². The van der Waals surface area contributed by atoms with Crippen LogP contribution in [0.15, 0.2) is 24.3 Å². The summed E-state index contributed by atoms with van der Waals surface area (Å²) in [5.74, 6) is 0.440. The lowest BCUT2D eigenvalue weighted by Gasteiger charge is -2.23. The molecule has 0 amide bonds. The number of aryl methyl sites for hydroxylation is 1. The van der Waals surface area contributed by atoms with Crippen LogP contribution in [0.25, 0.3) is 10.9 Å². The number of para-hydroxylation sites is 1. The van der Waals surface area contributed by atoms with Gasteiger partial charge in [0.05, 0.1) is 5.52 Å². The highest BCUT2D eigenvalue weighted by atomic mass is 19.1. The van der Waals surface area contributed by atoms with E-state index in [1.807, 2.05) is 6.07 Å². The first kappa shape index (κ1) is 9.85. The van der Waals surface area contributed by atoms with Crippen LogP contribution < -0.4 is 5.73 Å². The van der Waals surface area contributed by atoms with Gasteiger partial charge < -0.3 is 10.3 Å². The van der Waals surface area contributed by atoms with E-state index in [0.29, 0.717) is 5.92 Å². The van der Waals surface area contributed by atoms with Gasteiger partial charge in [-0.15, -0.1) is 0 Å². The lowest BCUT2D eigenvalue weighted by Crippen LogP contribution is -2.25. The van der Waals surface area contributed by atoms with E-state index in [0.717, 1.165) is 36.8 Å². The number of nitrogens with two attached hydrogens (primary N) is 1. The summed E-state index contributed by atoms with van der Waals surface area (Å²) >= 11 is 0. The van der Waals surface area contributed by atoms with Crippen LogP contribution in [0.5, 0.6) is 0 Å². The van der Waals surface area contributed by atoms with Crippen LogP contribution in [0.3, 0.4) is 0 Å². The maximum absolute atomic E-state index is 13.7. The van der Waals surface area contributed by atoms with Gasteiger partial charge in [0.1, 0.15) is 5.82 Å². The molecule has 3 heteroatoms. The molecule has 1 unspecified atom stereocenters. The van der Waals surface area contributed by atoms with E-state index in [2.05, 4.69) is 10.6 Å². The Balaban J connectivity index is 2.17. The Bertz CT molecular complexity index is 530. The Morgan fingerprint density at radius 2 is 2.31 bits per heavy atom. The van der Waals surface area contributed by atoms with Gasteiger partial charge in [0, 0.05) is 17.6 Å². The molecular formula is C13H15FN2. The highest BCUT2D eigenvalue weighted by Crippen LogP contribution is 2.29. The number of rotatable bonds is 1. The Hall–Kier alpha value is -1.35. The first-order valence-corrected chi connectivity index (χ1v) is 5.76. The van der Waals surface area contributed by atoms with Crippen molar-refractivity contribution in [1.29, 1.82) is 0 Å². The summed E-state index contributed by atoms with van der Waals surface area (Å²) in [6.45, 7) is 1.62. The standard InChI is InChI=1S/C13H15FN2/c14-12-3-1-2-10-7-11-6-9(8-15)4-5-16(11)13(10)12/h1-3,7,9H,4-6,8,15H2. The molecule has 1 aromatic heterocycles. The molecule has 0 spiro atoms. The van der Waals surface area contributed by atoms with Gasteiger partial charge in [0.25, 0.3) is 0 Å². The minimum atomic E-state index is -0.116. The highest BCUT2D eigenvalue weighted by Gasteiger charge is 2.20. The highest BCUT2D eigenvalue weighted by molar-refractivity contribution is 5.82. The van der Waals surface area contributed by atoms with Gasteiger partial charge in [-0.05, 0) is 37.4 Å². The van der Waals surface area contributed by atoms with Crippen molar-refractivity contribution in [2.24, 2.45) is 11.7 Å². The average molecular weight is 218 g/mol. The van der Waals surface area contributed by atoms with Crippen LogP contribution in [-0.2, 0) is 13.0 Å². The van der Waals surface area contributed by atoms with E-state index < -0.39 is 0 Å². The monoisotopic (exact) mass is 218 g/mol. The van der Waals surface area contributed by atoms with Crippen molar-refractivity contribution in [3.8, 4) is 0 Å². The summed E-state index contributed by atoms with van der Waals surface area (Å²) < 4.78 is 15.8. The van der Waals surface area contributed by atoms with E-state index >= 15 is 0 Å². The fourth-order valence-electron chi connectivity index (χ4n) is 2.67. The third kappa shape index (κ3) is 1.35. The van der Waals surface area contributed by atoms with Crippen molar-refractivity contribution < 1.29 is 4.39 Å². The SMILES string of the molecule is NCC1CCn2c(cc3cccc(F)c32)C1. The second-order valence-corrected chi connectivity index (χ2v) is 4.56. The number of hydrogen-bond donors (Lipinski definition) is 1. The molecule has 0 aliphatic carbocycles. The molecule has 0 fully saturated rings. The van der Waals surface area contributed by atoms with Gasteiger partial charge in [-0.3, -0.25) is 0 Å². The van der Waals surface area contributed by atoms with Crippen LogP contribution in [0.2, 0.25) is 0 Å². The van der Waals surface area contributed by atoms with Crippen LogP contribution in [0.1, 0.15) is 12.1 Å². The molecule has 2 heterocycles.